The molecule has 1 aliphatic heterocycles. The van der Waals surface area contributed by atoms with Crippen molar-refractivity contribution in [2.24, 2.45) is 0 Å². The molecule has 0 aromatic heterocycles. The fraction of sp³-hybridized carbons (Fsp3) is 0.200. The molecule has 3 rings (SSSR count). The van der Waals surface area contributed by atoms with Crippen LogP contribution in [0.4, 0.5) is 0 Å². The number of rotatable bonds is 1. The molecule has 0 radical (unpaired) electrons. The Labute approximate surface area is 100 Å². The lowest BCUT2D eigenvalue weighted by atomic mass is 9.91. The van der Waals surface area contributed by atoms with Crippen molar-refractivity contribution in [2.75, 3.05) is 0 Å². The monoisotopic (exact) mass is 226 g/mol. The van der Waals surface area contributed by atoms with Crippen LogP contribution < -0.4 is 4.74 Å². The van der Waals surface area contributed by atoms with Crippen LogP contribution in [-0.4, -0.2) is 5.11 Å². The largest absolute Gasteiger partial charge is 0.508 e. The van der Waals surface area contributed by atoms with E-state index in [1.165, 1.54) is 0 Å². The van der Waals surface area contributed by atoms with E-state index >= 15 is 0 Å². The Hall–Kier alpha value is -1.96. The van der Waals surface area contributed by atoms with E-state index in [4.69, 9.17) is 4.74 Å². The molecule has 0 amide bonds. The first-order valence-corrected chi connectivity index (χ1v) is 5.74. The summed E-state index contributed by atoms with van der Waals surface area (Å²) in [5, 5.41) is 9.48. The van der Waals surface area contributed by atoms with Crippen molar-refractivity contribution in [1.82, 2.24) is 0 Å². The van der Waals surface area contributed by atoms with E-state index in [1.807, 2.05) is 24.3 Å². The summed E-state index contributed by atoms with van der Waals surface area (Å²) in [5.74, 6) is 1.17. The van der Waals surface area contributed by atoms with Gasteiger partial charge in [0.1, 0.15) is 17.1 Å². The Morgan fingerprint density at radius 2 is 1.88 bits per heavy atom. The van der Waals surface area contributed by atoms with Crippen molar-refractivity contribution in [3.63, 3.8) is 0 Å². The summed E-state index contributed by atoms with van der Waals surface area (Å²) in [6, 6.07) is 15.5. The van der Waals surface area contributed by atoms with Gasteiger partial charge in [0.25, 0.3) is 0 Å². The summed E-state index contributed by atoms with van der Waals surface area (Å²) in [6.07, 6.45) is 0.792. The van der Waals surface area contributed by atoms with E-state index in [-0.39, 0.29) is 5.60 Å². The maximum atomic E-state index is 9.48. The molecule has 0 bridgehead atoms. The molecule has 1 aliphatic rings. The van der Waals surface area contributed by atoms with Gasteiger partial charge in [0, 0.05) is 12.0 Å². The summed E-state index contributed by atoms with van der Waals surface area (Å²) in [6.45, 7) is 2.08. The van der Waals surface area contributed by atoms with Crippen molar-refractivity contribution < 1.29 is 9.84 Å². The molecule has 1 N–H and O–H groups in total. The average Bonchev–Trinajstić information content (AvgIpc) is 2.67. The molecular weight excluding hydrogens is 212 g/mol. The molecule has 0 saturated heterocycles. The van der Waals surface area contributed by atoms with Crippen LogP contribution in [0.1, 0.15) is 18.1 Å². The van der Waals surface area contributed by atoms with Gasteiger partial charge in [-0.2, -0.15) is 0 Å². The highest BCUT2D eigenvalue weighted by molar-refractivity contribution is 5.45. The van der Waals surface area contributed by atoms with E-state index in [0.29, 0.717) is 5.75 Å². The van der Waals surface area contributed by atoms with E-state index in [2.05, 4.69) is 19.1 Å². The van der Waals surface area contributed by atoms with Gasteiger partial charge in [-0.1, -0.05) is 30.3 Å². The topological polar surface area (TPSA) is 29.5 Å². The minimum absolute atomic E-state index is 0.296. The molecule has 17 heavy (non-hydrogen) atoms. The quantitative estimate of drug-likeness (QED) is 0.808. The third-order valence-corrected chi connectivity index (χ3v) is 3.29. The zero-order valence-corrected chi connectivity index (χ0v) is 9.68. The molecule has 2 heteroatoms. The number of benzene rings is 2. The van der Waals surface area contributed by atoms with Crippen LogP contribution in [0.2, 0.25) is 0 Å². The van der Waals surface area contributed by atoms with Crippen molar-refractivity contribution in [2.45, 2.75) is 18.9 Å². The molecule has 2 aromatic rings. The van der Waals surface area contributed by atoms with Crippen molar-refractivity contribution in [3.05, 3.63) is 59.7 Å². The van der Waals surface area contributed by atoms with Gasteiger partial charge >= 0.3 is 0 Å². The van der Waals surface area contributed by atoms with Crippen LogP contribution in [-0.2, 0) is 12.0 Å². The molecule has 2 aromatic carbocycles. The number of hydrogen-bond acceptors (Lipinski definition) is 2. The number of hydrogen-bond donors (Lipinski definition) is 1. The first-order valence-electron chi connectivity index (χ1n) is 5.74. The molecule has 1 unspecified atom stereocenters. The zero-order chi connectivity index (χ0) is 11.9. The van der Waals surface area contributed by atoms with E-state index < -0.39 is 0 Å². The second-order valence-corrected chi connectivity index (χ2v) is 4.67. The van der Waals surface area contributed by atoms with Gasteiger partial charge in [0.2, 0.25) is 0 Å². The molecule has 86 valence electrons. The highest BCUT2D eigenvalue weighted by Crippen LogP contribution is 2.42. The molecule has 1 atom stereocenters. The minimum atomic E-state index is -0.322. The Morgan fingerprint density at radius 3 is 2.65 bits per heavy atom. The third-order valence-electron chi connectivity index (χ3n) is 3.29. The van der Waals surface area contributed by atoms with E-state index in [0.717, 1.165) is 23.3 Å². The Balaban J connectivity index is 2.00. The van der Waals surface area contributed by atoms with Crippen LogP contribution >= 0.6 is 0 Å². The predicted molar refractivity (Wildman–Crippen MR) is 66.2 cm³/mol. The SMILES string of the molecule is CC1(c2ccccc2)Cc2cc(O)ccc2O1. The van der Waals surface area contributed by atoms with Crippen LogP contribution in [0.5, 0.6) is 11.5 Å². The Bertz CT molecular complexity index is 548. The molecule has 0 saturated carbocycles. The summed E-state index contributed by atoms with van der Waals surface area (Å²) in [7, 11) is 0. The van der Waals surface area contributed by atoms with Gasteiger partial charge in [-0.15, -0.1) is 0 Å². The predicted octanol–water partition coefficient (Wildman–Crippen LogP) is 3.24. The minimum Gasteiger partial charge on any atom is -0.508 e. The van der Waals surface area contributed by atoms with Gasteiger partial charge in [0.05, 0.1) is 0 Å². The normalized spacial score (nSPS) is 21.9. The number of phenols is 1. The summed E-state index contributed by atoms with van der Waals surface area (Å²) in [5.41, 5.74) is 1.91. The van der Waals surface area contributed by atoms with Crippen molar-refractivity contribution in [1.29, 1.82) is 0 Å². The Morgan fingerprint density at radius 1 is 1.12 bits per heavy atom. The fourth-order valence-corrected chi connectivity index (χ4v) is 2.40. The van der Waals surface area contributed by atoms with Crippen LogP contribution in [0, 0.1) is 0 Å². The summed E-state index contributed by atoms with van der Waals surface area (Å²) in [4.78, 5) is 0. The number of ether oxygens (including phenoxy) is 1. The standard InChI is InChI=1S/C15H14O2/c1-15(12-5-3-2-4-6-12)10-11-9-13(16)7-8-14(11)17-15/h2-9,16H,10H2,1H3. The smallest absolute Gasteiger partial charge is 0.135 e. The lowest BCUT2D eigenvalue weighted by Gasteiger charge is -2.24. The summed E-state index contributed by atoms with van der Waals surface area (Å²) >= 11 is 0. The Kier molecular flexibility index (Phi) is 2.11. The maximum absolute atomic E-state index is 9.48. The van der Waals surface area contributed by atoms with E-state index in [1.54, 1.807) is 12.1 Å². The average molecular weight is 226 g/mol. The van der Waals surface area contributed by atoms with Gasteiger partial charge in [-0.05, 0) is 30.7 Å². The molecular formula is C15H14O2. The summed E-state index contributed by atoms with van der Waals surface area (Å²) < 4.78 is 6.02. The maximum Gasteiger partial charge on any atom is 0.135 e. The second-order valence-electron chi connectivity index (χ2n) is 4.67. The van der Waals surface area contributed by atoms with Gasteiger partial charge in [0.15, 0.2) is 0 Å². The zero-order valence-electron chi connectivity index (χ0n) is 9.68. The fourth-order valence-electron chi connectivity index (χ4n) is 2.40. The molecule has 0 spiro atoms. The van der Waals surface area contributed by atoms with Crippen LogP contribution in [0.3, 0.4) is 0 Å². The lowest BCUT2D eigenvalue weighted by Crippen LogP contribution is -2.26. The number of aromatic hydroxyl groups is 1. The van der Waals surface area contributed by atoms with Crippen molar-refractivity contribution >= 4 is 0 Å². The van der Waals surface area contributed by atoms with Gasteiger partial charge in [-0.3, -0.25) is 0 Å². The third kappa shape index (κ3) is 1.66. The number of phenolic OH excluding ortho intramolecular Hbond substituents is 1. The first kappa shape index (κ1) is 10.2. The highest BCUT2D eigenvalue weighted by atomic mass is 16.5. The molecule has 1 heterocycles. The lowest BCUT2D eigenvalue weighted by molar-refractivity contribution is 0.116. The van der Waals surface area contributed by atoms with Crippen molar-refractivity contribution in [3.8, 4) is 11.5 Å². The molecule has 2 nitrogen and oxygen atoms in total. The van der Waals surface area contributed by atoms with Gasteiger partial charge in [-0.25, -0.2) is 0 Å². The highest BCUT2D eigenvalue weighted by Gasteiger charge is 2.36. The molecule has 0 aliphatic carbocycles. The molecule has 0 fully saturated rings. The second kappa shape index (κ2) is 3.52. The van der Waals surface area contributed by atoms with Gasteiger partial charge < -0.3 is 9.84 Å². The first-order chi connectivity index (χ1) is 8.17. The van der Waals surface area contributed by atoms with Crippen LogP contribution in [0.15, 0.2) is 48.5 Å². The number of fused-ring (bicyclic) bond motifs is 1. The van der Waals surface area contributed by atoms with Crippen LogP contribution in [0.25, 0.3) is 0 Å². The van der Waals surface area contributed by atoms with E-state index in [9.17, 15) is 5.11 Å².